The lowest BCUT2D eigenvalue weighted by atomic mass is 10.0. The Kier molecular flexibility index (Phi) is 5.23. The number of carboxylic acid groups (broad SMARTS) is 1. The third-order valence-electron chi connectivity index (χ3n) is 3.14. The van der Waals surface area contributed by atoms with Gasteiger partial charge >= 0.3 is 11.7 Å². The van der Waals surface area contributed by atoms with Gasteiger partial charge in [-0.1, -0.05) is 0 Å². The molecule has 1 aromatic rings. The fraction of sp³-hybridized carbons (Fsp3) is 0.385. The number of aliphatic carboxylic acids is 1. The highest BCUT2D eigenvalue weighted by Gasteiger charge is 2.23. The van der Waals surface area contributed by atoms with Crippen LogP contribution in [0.4, 0.5) is 5.69 Å². The number of amides is 1. The third kappa shape index (κ3) is 3.91. The summed E-state index contributed by atoms with van der Waals surface area (Å²) in [5.41, 5.74) is -0.268. The molecule has 0 bridgehead atoms. The topological polar surface area (TPSA) is 119 Å². The van der Waals surface area contributed by atoms with Crippen LogP contribution >= 0.6 is 0 Å². The van der Waals surface area contributed by atoms with Gasteiger partial charge in [-0.3, -0.25) is 19.7 Å². The van der Waals surface area contributed by atoms with Gasteiger partial charge in [-0.15, -0.1) is 0 Å². The first-order valence-electron chi connectivity index (χ1n) is 6.14. The molecular weight excluding hydrogens is 280 g/mol. The highest BCUT2D eigenvalue weighted by molar-refractivity contribution is 5.95. The fourth-order valence-electron chi connectivity index (χ4n) is 1.60. The Morgan fingerprint density at radius 1 is 1.38 bits per heavy atom. The molecule has 0 heterocycles. The first-order valence-corrected chi connectivity index (χ1v) is 6.14. The maximum Gasteiger partial charge on any atom is 0.311 e. The monoisotopic (exact) mass is 296 g/mol. The second-order valence-electron chi connectivity index (χ2n) is 4.53. The summed E-state index contributed by atoms with van der Waals surface area (Å²) in [6.07, 6.45) is 0. The van der Waals surface area contributed by atoms with E-state index >= 15 is 0 Å². The van der Waals surface area contributed by atoms with Crippen molar-refractivity contribution in [2.24, 2.45) is 5.92 Å². The van der Waals surface area contributed by atoms with E-state index in [0.29, 0.717) is 0 Å². The van der Waals surface area contributed by atoms with Crippen molar-refractivity contribution in [2.45, 2.75) is 19.9 Å². The number of nitrogens with one attached hydrogen (secondary N) is 1. The number of carbonyl (C=O) groups is 2. The van der Waals surface area contributed by atoms with E-state index in [1.54, 1.807) is 6.92 Å². The van der Waals surface area contributed by atoms with Gasteiger partial charge in [0.15, 0.2) is 5.75 Å². The quantitative estimate of drug-likeness (QED) is 0.605. The lowest BCUT2D eigenvalue weighted by molar-refractivity contribution is -0.385. The number of nitro groups is 1. The summed E-state index contributed by atoms with van der Waals surface area (Å²) in [7, 11) is 1.29. The van der Waals surface area contributed by atoms with Crippen LogP contribution in [0.2, 0.25) is 0 Å². The van der Waals surface area contributed by atoms with Gasteiger partial charge in [0.05, 0.1) is 18.0 Å². The molecule has 2 N–H and O–H groups in total. The van der Waals surface area contributed by atoms with Crippen LogP contribution in [0.3, 0.4) is 0 Å². The van der Waals surface area contributed by atoms with E-state index in [4.69, 9.17) is 9.84 Å². The summed E-state index contributed by atoms with van der Waals surface area (Å²) in [5.74, 6) is -2.35. The van der Waals surface area contributed by atoms with Crippen LogP contribution in [0.1, 0.15) is 24.2 Å². The van der Waals surface area contributed by atoms with Gasteiger partial charge in [0.25, 0.3) is 5.91 Å². The predicted octanol–water partition coefficient (Wildman–Crippen LogP) is 1.44. The Morgan fingerprint density at radius 2 is 2.00 bits per heavy atom. The zero-order valence-corrected chi connectivity index (χ0v) is 11.8. The van der Waals surface area contributed by atoms with Crippen molar-refractivity contribution in [2.75, 3.05) is 7.11 Å². The van der Waals surface area contributed by atoms with E-state index < -0.39 is 28.8 Å². The SMILES string of the molecule is COc1ccc(C(=O)NC(C)C(C)C(=O)O)cc1[N+](=O)[O-]. The van der Waals surface area contributed by atoms with Crippen LogP contribution in [0.15, 0.2) is 18.2 Å². The number of hydrogen-bond acceptors (Lipinski definition) is 5. The summed E-state index contributed by atoms with van der Waals surface area (Å²) in [6.45, 7) is 3.01. The molecule has 1 amide bonds. The second kappa shape index (κ2) is 6.69. The average Bonchev–Trinajstić information content (AvgIpc) is 2.45. The Hall–Kier alpha value is -2.64. The average molecular weight is 296 g/mol. The second-order valence-corrected chi connectivity index (χ2v) is 4.53. The van der Waals surface area contributed by atoms with E-state index in [1.165, 1.54) is 26.2 Å². The molecule has 0 saturated carbocycles. The van der Waals surface area contributed by atoms with Crippen molar-refractivity contribution in [3.63, 3.8) is 0 Å². The summed E-state index contributed by atoms with van der Waals surface area (Å²) in [5, 5.41) is 22.3. The Labute approximate surface area is 120 Å². The van der Waals surface area contributed by atoms with Crippen LogP contribution in [-0.2, 0) is 4.79 Å². The van der Waals surface area contributed by atoms with Crippen molar-refractivity contribution in [3.8, 4) is 5.75 Å². The van der Waals surface area contributed by atoms with E-state index in [0.717, 1.165) is 6.07 Å². The minimum absolute atomic E-state index is 0.0449. The van der Waals surface area contributed by atoms with Crippen LogP contribution in [-0.4, -0.2) is 35.1 Å². The molecule has 8 nitrogen and oxygen atoms in total. The molecule has 1 aromatic carbocycles. The fourth-order valence-corrected chi connectivity index (χ4v) is 1.60. The van der Waals surface area contributed by atoms with Gasteiger partial charge in [-0.25, -0.2) is 0 Å². The van der Waals surface area contributed by atoms with Crippen molar-refractivity contribution in [1.82, 2.24) is 5.32 Å². The number of nitro benzene ring substituents is 1. The smallest absolute Gasteiger partial charge is 0.311 e. The normalized spacial score (nSPS) is 13.1. The van der Waals surface area contributed by atoms with Crippen LogP contribution in [0, 0.1) is 16.0 Å². The third-order valence-corrected chi connectivity index (χ3v) is 3.14. The van der Waals surface area contributed by atoms with Crippen LogP contribution < -0.4 is 10.1 Å². The van der Waals surface area contributed by atoms with Gasteiger partial charge in [0.1, 0.15) is 0 Å². The molecule has 0 fully saturated rings. The van der Waals surface area contributed by atoms with Crippen LogP contribution in [0.25, 0.3) is 0 Å². The molecular formula is C13H16N2O6. The lowest BCUT2D eigenvalue weighted by Gasteiger charge is -2.17. The first kappa shape index (κ1) is 16.4. The van der Waals surface area contributed by atoms with Crippen molar-refractivity contribution in [1.29, 1.82) is 0 Å². The van der Waals surface area contributed by atoms with Gasteiger partial charge in [0.2, 0.25) is 0 Å². The Bertz CT molecular complexity index is 572. The molecule has 2 unspecified atom stereocenters. The van der Waals surface area contributed by atoms with E-state index in [2.05, 4.69) is 5.32 Å². The minimum atomic E-state index is -1.04. The maximum atomic E-state index is 12.0. The zero-order chi connectivity index (χ0) is 16.2. The molecule has 1 rings (SSSR count). The highest BCUT2D eigenvalue weighted by atomic mass is 16.6. The lowest BCUT2D eigenvalue weighted by Crippen LogP contribution is -2.40. The molecule has 0 aliphatic rings. The standard InChI is InChI=1S/C13H16N2O6/c1-7(13(17)18)8(2)14-12(16)9-4-5-11(21-3)10(6-9)15(19)20/h4-8H,1-3H3,(H,14,16)(H,17,18). The Morgan fingerprint density at radius 3 is 2.48 bits per heavy atom. The molecule has 114 valence electrons. The molecule has 0 aliphatic carbocycles. The predicted molar refractivity (Wildman–Crippen MR) is 73.4 cm³/mol. The van der Waals surface area contributed by atoms with Gasteiger partial charge in [-0.05, 0) is 26.0 Å². The molecule has 0 spiro atoms. The number of hydrogen-bond donors (Lipinski definition) is 2. The van der Waals surface area contributed by atoms with Crippen molar-refractivity contribution in [3.05, 3.63) is 33.9 Å². The molecule has 2 atom stereocenters. The highest BCUT2D eigenvalue weighted by Crippen LogP contribution is 2.27. The molecule has 0 aliphatic heterocycles. The summed E-state index contributed by atoms with van der Waals surface area (Å²) < 4.78 is 4.84. The number of benzene rings is 1. The molecule has 0 saturated heterocycles. The van der Waals surface area contributed by atoms with Crippen molar-refractivity contribution >= 4 is 17.6 Å². The van der Waals surface area contributed by atoms with Gasteiger partial charge in [0, 0.05) is 17.7 Å². The summed E-state index contributed by atoms with van der Waals surface area (Å²) in [6, 6.07) is 3.17. The van der Waals surface area contributed by atoms with E-state index in [1.807, 2.05) is 0 Å². The summed E-state index contributed by atoms with van der Waals surface area (Å²) >= 11 is 0. The van der Waals surface area contributed by atoms with Crippen molar-refractivity contribution < 1.29 is 24.4 Å². The number of methoxy groups -OCH3 is 1. The largest absolute Gasteiger partial charge is 0.490 e. The minimum Gasteiger partial charge on any atom is -0.490 e. The number of carbonyl (C=O) groups excluding carboxylic acids is 1. The molecule has 21 heavy (non-hydrogen) atoms. The number of carboxylic acids is 1. The molecule has 0 aromatic heterocycles. The number of ether oxygens (including phenoxy) is 1. The van der Waals surface area contributed by atoms with E-state index in [9.17, 15) is 19.7 Å². The number of nitrogens with zero attached hydrogens (tertiary/aromatic N) is 1. The first-order chi connectivity index (χ1) is 9.77. The molecule has 8 heteroatoms. The maximum absolute atomic E-state index is 12.0. The Balaban J connectivity index is 2.96. The van der Waals surface area contributed by atoms with Crippen LogP contribution in [0.5, 0.6) is 5.75 Å². The summed E-state index contributed by atoms with van der Waals surface area (Å²) in [4.78, 5) is 33.1. The van der Waals surface area contributed by atoms with Gasteiger partial charge in [-0.2, -0.15) is 0 Å². The van der Waals surface area contributed by atoms with E-state index in [-0.39, 0.29) is 17.0 Å². The zero-order valence-electron chi connectivity index (χ0n) is 11.8. The molecule has 0 radical (unpaired) electrons. The number of rotatable bonds is 6. The van der Waals surface area contributed by atoms with Gasteiger partial charge < -0.3 is 15.2 Å².